The standard InChI is InChI=1S/C15H21ClN2O2/c1-17-15(20)11-5-7-18(8-6-11)10-14(19)12-3-2-4-13(16)9-12/h2-4,9,11,14,19H,5-8,10H2,1H3,(H,17,20). The molecule has 5 heteroatoms. The molecule has 1 aliphatic heterocycles. The van der Waals surface area contributed by atoms with Crippen LogP contribution >= 0.6 is 11.6 Å². The highest BCUT2D eigenvalue weighted by molar-refractivity contribution is 6.30. The molecule has 0 aliphatic carbocycles. The fourth-order valence-electron chi connectivity index (χ4n) is 2.65. The number of nitrogens with zero attached hydrogens (tertiary/aromatic N) is 1. The first-order valence-corrected chi connectivity index (χ1v) is 7.35. The van der Waals surface area contributed by atoms with E-state index in [0.29, 0.717) is 11.6 Å². The lowest BCUT2D eigenvalue weighted by Gasteiger charge is -2.32. The SMILES string of the molecule is CNC(=O)C1CCN(CC(O)c2cccc(Cl)c2)CC1. The van der Waals surface area contributed by atoms with Crippen molar-refractivity contribution in [3.8, 4) is 0 Å². The molecule has 0 bridgehead atoms. The Bertz CT molecular complexity index is 459. The molecule has 0 aromatic heterocycles. The van der Waals surface area contributed by atoms with Crippen LogP contribution in [0, 0.1) is 5.92 Å². The molecule has 2 rings (SSSR count). The zero-order valence-corrected chi connectivity index (χ0v) is 12.4. The smallest absolute Gasteiger partial charge is 0.222 e. The van der Waals surface area contributed by atoms with E-state index in [0.717, 1.165) is 31.5 Å². The van der Waals surface area contributed by atoms with Gasteiger partial charge in [-0.25, -0.2) is 0 Å². The Morgan fingerprint density at radius 2 is 2.20 bits per heavy atom. The molecule has 0 radical (unpaired) electrons. The molecule has 1 aromatic carbocycles. The first-order valence-electron chi connectivity index (χ1n) is 6.97. The molecule has 1 amide bonds. The maximum Gasteiger partial charge on any atom is 0.222 e. The van der Waals surface area contributed by atoms with Crippen molar-refractivity contribution >= 4 is 17.5 Å². The van der Waals surface area contributed by atoms with Crippen molar-refractivity contribution in [2.24, 2.45) is 5.92 Å². The summed E-state index contributed by atoms with van der Waals surface area (Å²) in [4.78, 5) is 13.8. The van der Waals surface area contributed by atoms with Gasteiger partial charge in [0.1, 0.15) is 0 Å². The highest BCUT2D eigenvalue weighted by Gasteiger charge is 2.25. The van der Waals surface area contributed by atoms with Crippen LogP contribution in [0.15, 0.2) is 24.3 Å². The Morgan fingerprint density at radius 1 is 1.50 bits per heavy atom. The molecule has 1 unspecified atom stereocenters. The van der Waals surface area contributed by atoms with E-state index in [4.69, 9.17) is 11.6 Å². The van der Waals surface area contributed by atoms with Gasteiger partial charge in [-0.05, 0) is 43.6 Å². The molecule has 1 atom stereocenters. The molecule has 0 saturated carbocycles. The van der Waals surface area contributed by atoms with Gasteiger partial charge < -0.3 is 15.3 Å². The Morgan fingerprint density at radius 3 is 2.80 bits per heavy atom. The molecule has 1 aliphatic rings. The number of hydrogen-bond acceptors (Lipinski definition) is 3. The highest BCUT2D eigenvalue weighted by atomic mass is 35.5. The summed E-state index contributed by atoms with van der Waals surface area (Å²) in [6.07, 6.45) is 1.16. The van der Waals surface area contributed by atoms with Gasteiger partial charge in [-0.1, -0.05) is 23.7 Å². The van der Waals surface area contributed by atoms with Crippen LogP contribution in [0.5, 0.6) is 0 Å². The lowest BCUT2D eigenvalue weighted by atomic mass is 9.95. The quantitative estimate of drug-likeness (QED) is 0.891. The lowest BCUT2D eigenvalue weighted by Crippen LogP contribution is -2.41. The summed E-state index contributed by atoms with van der Waals surface area (Å²) >= 11 is 5.93. The summed E-state index contributed by atoms with van der Waals surface area (Å²) in [7, 11) is 1.68. The number of hydrogen-bond donors (Lipinski definition) is 2. The summed E-state index contributed by atoms with van der Waals surface area (Å²) in [5.74, 6) is 0.236. The van der Waals surface area contributed by atoms with Gasteiger partial charge in [0.25, 0.3) is 0 Å². The summed E-state index contributed by atoms with van der Waals surface area (Å²) in [5, 5.41) is 13.6. The van der Waals surface area contributed by atoms with Gasteiger partial charge in [0.15, 0.2) is 0 Å². The van der Waals surface area contributed by atoms with Crippen LogP contribution in [0.2, 0.25) is 5.02 Å². The van der Waals surface area contributed by atoms with Crippen LogP contribution in [0.3, 0.4) is 0 Å². The number of rotatable bonds is 4. The monoisotopic (exact) mass is 296 g/mol. The number of β-amino-alcohol motifs (C(OH)–C–C–N with tert-alkyl or cyclic N) is 1. The number of benzene rings is 1. The van der Waals surface area contributed by atoms with Gasteiger partial charge in [-0.15, -0.1) is 0 Å². The Balaban J connectivity index is 1.85. The van der Waals surface area contributed by atoms with E-state index in [1.807, 2.05) is 12.1 Å². The minimum Gasteiger partial charge on any atom is -0.387 e. The van der Waals surface area contributed by atoms with Crippen molar-refractivity contribution in [2.45, 2.75) is 18.9 Å². The first kappa shape index (κ1) is 15.3. The van der Waals surface area contributed by atoms with Crippen molar-refractivity contribution in [3.05, 3.63) is 34.9 Å². The molecule has 1 fully saturated rings. The van der Waals surface area contributed by atoms with Gasteiger partial charge in [-0.2, -0.15) is 0 Å². The Kier molecular flexibility index (Phi) is 5.40. The number of halogens is 1. The number of aliphatic hydroxyl groups excluding tert-OH is 1. The van der Waals surface area contributed by atoms with Crippen molar-refractivity contribution in [2.75, 3.05) is 26.7 Å². The third-order valence-electron chi connectivity index (χ3n) is 3.87. The van der Waals surface area contributed by atoms with Crippen LogP contribution in [0.25, 0.3) is 0 Å². The van der Waals surface area contributed by atoms with Crippen LogP contribution < -0.4 is 5.32 Å². The minimum atomic E-state index is -0.537. The zero-order valence-electron chi connectivity index (χ0n) is 11.7. The number of likely N-dealkylation sites (tertiary alicyclic amines) is 1. The average Bonchev–Trinajstić information content (AvgIpc) is 2.47. The fourth-order valence-corrected chi connectivity index (χ4v) is 2.84. The second-order valence-electron chi connectivity index (χ2n) is 5.26. The van der Waals surface area contributed by atoms with E-state index in [1.54, 1.807) is 19.2 Å². The van der Waals surface area contributed by atoms with Crippen LogP contribution in [0.1, 0.15) is 24.5 Å². The molecule has 2 N–H and O–H groups in total. The van der Waals surface area contributed by atoms with Gasteiger partial charge >= 0.3 is 0 Å². The second kappa shape index (κ2) is 7.07. The molecular formula is C15H21ClN2O2. The lowest BCUT2D eigenvalue weighted by molar-refractivity contribution is -0.126. The molecule has 4 nitrogen and oxygen atoms in total. The third kappa shape index (κ3) is 3.95. The number of piperidine rings is 1. The average molecular weight is 297 g/mol. The van der Waals surface area contributed by atoms with Crippen LogP contribution in [-0.4, -0.2) is 42.6 Å². The predicted molar refractivity (Wildman–Crippen MR) is 79.6 cm³/mol. The van der Waals surface area contributed by atoms with E-state index in [9.17, 15) is 9.90 Å². The molecule has 1 aromatic rings. The number of nitrogens with one attached hydrogen (secondary N) is 1. The van der Waals surface area contributed by atoms with Crippen LogP contribution in [0.4, 0.5) is 0 Å². The second-order valence-corrected chi connectivity index (χ2v) is 5.70. The van der Waals surface area contributed by atoms with Gasteiger partial charge in [-0.3, -0.25) is 4.79 Å². The van der Waals surface area contributed by atoms with Gasteiger partial charge in [0.05, 0.1) is 6.10 Å². The normalized spacial score (nSPS) is 18.8. The van der Waals surface area contributed by atoms with E-state index >= 15 is 0 Å². The number of carbonyl (C=O) groups excluding carboxylic acids is 1. The Labute approximate surface area is 124 Å². The number of carbonyl (C=O) groups is 1. The molecule has 110 valence electrons. The summed E-state index contributed by atoms with van der Waals surface area (Å²) in [6, 6.07) is 7.32. The van der Waals surface area contributed by atoms with E-state index < -0.39 is 6.10 Å². The molecule has 1 saturated heterocycles. The van der Waals surface area contributed by atoms with Crippen molar-refractivity contribution in [1.82, 2.24) is 10.2 Å². The van der Waals surface area contributed by atoms with E-state index in [1.165, 1.54) is 0 Å². The zero-order chi connectivity index (χ0) is 14.5. The summed E-state index contributed by atoms with van der Waals surface area (Å²) < 4.78 is 0. The van der Waals surface area contributed by atoms with Crippen molar-refractivity contribution in [1.29, 1.82) is 0 Å². The maximum absolute atomic E-state index is 11.6. The fraction of sp³-hybridized carbons (Fsp3) is 0.533. The van der Waals surface area contributed by atoms with E-state index in [2.05, 4.69) is 10.2 Å². The topological polar surface area (TPSA) is 52.6 Å². The highest BCUT2D eigenvalue weighted by Crippen LogP contribution is 2.22. The third-order valence-corrected chi connectivity index (χ3v) is 4.10. The number of aliphatic hydroxyl groups is 1. The molecule has 1 heterocycles. The van der Waals surface area contributed by atoms with Crippen LogP contribution in [-0.2, 0) is 4.79 Å². The van der Waals surface area contributed by atoms with Crippen molar-refractivity contribution in [3.63, 3.8) is 0 Å². The molecular weight excluding hydrogens is 276 g/mol. The maximum atomic E-state index is 11.6. The van der Waals surface area contributed by atoms with Gasteiger partial charge in [0.2, 0.25) is 5.91 Å². The van der Waals surface area contributed by atoms with E-state index in [-0.39, 0.29) is 11.8 Å². The van der Waals surface area contributed by atoms with Gasteiger partial charge in [0, 0.05) is 24.5 Å². The Hall–Kier alpha value is -1.10. The van der Waals surface area contributed by atoms with Crippen molar-refractivity contribution < 1.29 is 9.90 Å². The largest absolute Gasteiger partial charge is 0.387 e. The minimum absolute atomic E-state index is 0.111. The first-order chi connectivity index (χ1) is 9.60. The molecule has 0 spiro atoms. The predicted octanol–water partition coefficient (Wildman–Crippen LogP) is 1.83. The number of amides is 1. The summed E-state index contributed by atoms with van der Waals surface area (Å²) in [5.41, 5.74) is 0.839. The molecule has 20 heavy (non-hydrogen) atoms. The summed E-state index contributed by atoms with van der Waals surface area (Å²) in [6.45, 7) is 2.27.